The molecule has 0 atom stereocenters. The van der Waals surface area contributed by atoms with Crippen LogP contribution in [0.3, 0.4) is 0 Å². The van der Waals surface area contributed by atoms with Crippen LogP contribution in [0.5, 0.6) is 0 Å². The highest BCUT2D eigenvalue weighted by Gasteiger charge is 2.36. The van der Waals surface area contributed by atoms with E-state index in [9.17, 15) is 5.11 Å². The zero-order valence-corrected chi connectivity index (χ0v) is 14.0. The number of nitrogens with zero attached hydrogens (tertiary/aromatic N) is 1. The summed E-state index contributed by atoms with van der Waals surface area (Å²) in [6.45, 7) is 4.58. The maximum atomic E-state index is 9.57. The van der Waals surface area contributed by atoms with E-state index >= 15 is 0 Å². The Balaban J connectivity index is 2.03. The molecule has 1 aliphatic rings. The van der Waals surface area contributed by atoms with Gasteiger partial charge in [0.1, 0.15) is 0 Å². The van der Waals surface area contributed by atoms with Crippen LogP contribution >= 0.6 is 0 Å². The van der Waals surface area contributed by atoms with Crippen LogP contribution in [0, 0.1) is 0 Å². The number of aliphatic hydroxyl groups is 1. The van der Waals surface area contributed by atoms with Gasteiger partial charge in [-0.3, -0.25) is 0 Å². The number of para-hydroxylation sites is 2. The van der Waals surface area contributed by atoms with Crippen molar-refractivity contribution in [2.24, 2.45) is 0 Å². The molecule has 2 nitrogen and oxygen atoms in total. The molecule has 0 radical (unpaired) electrons. The second kappa shape index (κ2) is 5.50. The van der Waals surface area contributed by atoms with Gasteiger partial charge >= 0.3 is 0 Å². The first-order valence-corrected chi connectivity index (χ1v) is 8.32. The van der Waals surface area contributed by atoms with E-state index in [0.29, 0.717) is 0 Å². The predicted octanol–water partition coefficient (Wildman–Crippen LogP) is 5.29. The minimum atomic E-state index is -0.109. The van der Waals surface area contributed by atoms with Crippen molar-refractivity contribution in [3.05, 3.63) is 89.5 Å². The fourth-order valence-corrected chi connectivity index (χ4v) is 3.70. The Kier molecular flexibility index (Phi) is 3.43. The molecule has 1 N–H and O–H groups in total. The Bertz CT molecular complexity index is 883. The molecule has 0 unspecified atom stereocenters. The molecule has 0 saturated carbocycles. The van der Waals surface area contributed by atoms with Crippen LogP contribution in [-0.4, -0.2) is 5.11 Å². The standard InChI is InChI=1S/C22H21NO/c1-22(2)18-10-6-7-11-20(18)23(17-8-4-3-5-9-17)21-13-12-16(15-24)14-19(21)22/h3-14,24H,15H2,1-2H3. The largest absolute Gasteiger partial charge is 0.392 e. The molecule has 0 fully saturated rings. The van der Waals surface area contributed by atoms with Gasteiger partial charge in [0.25, 0.3) is 0 Å². The van der Waals surface area contributed by atoms with E-state index < -0.39 is 0 Å². The van der Waals surface area contributed by atoms with Gasteiger partial charge in [0, 0.05) is 11.1 Å². The van der Waals surface area contributed by atoms with Gasteiger partial charge in [0.05, 0.1) is 18.0 Å². The first kappa shape index (κ1) is 15.0. The lowest BCUT2D eigenvalue weighted by Crippen LogP contribution is -2.30. The predicted molar refractivity (Wildman–Crippen MR) is 99.2 cm³/mol. The monoisotopic (exact) mass is 315 g/mol. The normalized spacial score (nSPS) is 14.9. The van der Waals surface area contributed by atoms with E-state index in [1.54, 1.807) is 0 Å². The first-order chi connectivity index (χ1) is 11.6. The van der Waals surface area contributed by atoms with E-state index in [4.69, 9.17) is 0 Å². The van der Waals surface area contributed by atoms with Gasteiger partial charge in [-0.1, -0.05) is 62.4 Å². The number of anilines is 3. The van der Waals surface area contributed by atoms with Crippen LogP contribution in [0.1, 0.15) is 30.5 Å². The quantitative estimate of drug-likeness (QED) is 0.694. The molecule has 3 aromatic rings. The Morgan fingerprint density at radius 3 is 2.21 bits per heavy atom. The zero-order chi connectivity index (χ0) is 16.7. The van der Waals surface area contributed by atoms with Crippen molar-refractivity contribution in [1.82, 2.24) is 0 Å². The van der Waals surface area contributed by atoms with E-state index in [-0.39, 0.29) is 12.0 Å². The number of hydrogen-bond acceptors (Lipinski definition) is 2. The number of benzene rings is 3. The average molecular weight is 315 g/mol. The third-order valence-corrected chi connectivity index (χ3v) is 4.99. The van der Waals surface area contributed by atoms with Crippen molar-refractivity contribution in [3.63, 3.8) is 0 Å². The van der Waals surface area contributed by atoms with Gasteiger partial charge in [0.15, 0.2) is 0 Å². The highest BCUT2D eigenvalue weighted by atomic mass is 16.3. The fourth-order valence-electron chi connectivity index (χ4n) is 3.70. The summed E-state index contributed by atoms with van der Waals surface area (Å²) in [5.74, 6) is 0. The van der Waals surface area contributed by atoms with E-state index in [1.165, 1.54) is 22.5 Å². The lowest BCUT2D eigenvalue weighted by molar-refractivity contribution is 0.281. The number of rotatable bonds is 2. The zero-order valence-electron chi connectivity index (χ0n) is 14.0. The number of hydrogen-bond donors (Lipinski definition) is 1. The summed E-state index contributed by atoms with van der Waals surface area (Å²) in [5.41, 5.74) is 6.95. The molecule has 0 amide bonds. The molecule has 4 rings (SSSR count). The molecule has 1 heterocycles. The second-order valence-corrected chi connectivity index (χ2v) is 6.82. The summed E-state index contributed by atoms with van der Waals surface area (Å²) < 4.78 is 0. The van der Waals surface area contributed by atoms with Crippen LogP contribution in [0.4, 0.5) is 17.1 Å². The molecule has 1 aliphatic heterocycles. The topological polar surface area (TPSA) is 23.5 Å². The Morgan fingerprint density at radius 2 is 1.46 bits per heavy atom. The molecule has 2 heteroatoms. The summed E-state index contributed by atoms with van der Waals surface area (Å²) in [7, 11) is 0. The third-order valence-electron chi connectivity index (χ3n) is 4.99. The molecule has 3 aromatic carbocycles. The minimum Gasteiger partial charge on any atom is -0.392 e. The van der Waals surface area contributed by atoms with Crippen LogP contribution in [0.2, 0.25) is 0 Å². The van der Waals surface area contributed by atoms with Crippen molar-refractivity contribution in [3.8, 4) is 0 Å². The molecule has 0 spiro atoms. The van der Waals surface area contributed by atoms with E-state index in [1.807, 2.05) is 12.1 Å². The summed E-state index contributed by atoms with van der Waals surface area (Å²) in [4.78, 5) is 2.32. The third kappa shape index (κ3) is 2.15. The molecule has 120 valence electrons. The Hall–Kier alpha value is -2.58. The SMILES string of the molecule is CC1(C)c2ccccc2N(c2ccccc2)c2ccc(CO)cc21. The molecule has 0 aromatic heterocycles. The molecular formula is C22H21NO. The van der Waals surface area contributed by atoms with Gasteiger partial charge in [-0.25, -0.2) is 0 Å². The smallest absolute Gasteiger partial charge is 0.0681 e. The number of aliphatic hydroxyl groups excluding tert-OH is 1. The summed E-state index contributed by atoms with van der Waals surface area (Å²) in [5, 5.41) is 9.57. The first-order valence-electron chi connectivity index (χ1n) is 8.32. The van der Waals surface area contributed by atoms with Crippen molar-refractivity contribution in [2.75, 3.05) is 4.90 Å². The van der Waals surface area contributed by atoms with Gasteiger partial charge in [-0.05, 0) is 41.0 Å². The fraction of sp³-hybridized carbons (Fsp3) is 0.182. The second-order valence-electron chi connectivity index (χ2n) is 6.82. The van der Waals surface area contributed by atoms with E-state index in [2.05, 4.69) is 79.4 Å². The van der Waals surface area contributed by atoms with Crippen LogP contribution < -0.4 is 4.90 Å². The van der Waals surface area contributed by atoms with E-state index in [0.717, 1.165) is 11.3 Å². The van der Waals surface area contributed by atoms with Crippen molar-refractivity contribution < 1.29 is 5.11 Å². The molecular weight excluding hydrogens is 294 g/mol. The highest BCUT2D eigenvalue weighted by Crippen LogP contribution is 2.51. The van der Waals surface area contributed by atoms with Gasteiger partial charge in [-0.15, -0.1) is 0 Å². The van der Waals surface area contributed by atoms with Gasteiger partial charge in [0.2, 0.25) is 0 Å². The lowest BCUT2D eigenvalue weighted by atomic mass is 9.73. The van der Waals surface area contributed by atoms with Crippen molar-refractivity contribution in [2.45, 2.75) is 25.9 Å². The van der Waals surface area contributed by atoms with Gasteiger partial charge in [-0.2, -0.15) is 0 Å². The summed E-state index contributed by atoms with van der Waals surface area (Å²) in [6, 6.07) is 25.3. The maximum Gasteiger partial charge on any atom is 0.0681 e. The molecule has 0 bridgehead atoms. The Labute approximate surface area is 143 Å². The van der Waals surface area contributed by atoms with Crippen LogP contribution in [-0.2, 0) is 12.0 Å². The Morgan fingerprint density at radius 1 is 0.792 bits per heavy atom. The number of fused-ring (bicyclic) bond motifs is 2. The average Bonchev–Trinajstić information content (AvgIpc) is 2.63. The van der Waals surface area contributed by atoms with Crippen molar-refractivity contribution in [1.29, 1.82) is 0 Å². The minimum absolute atomic E-state index is 0.0658. The van der Waals surface area contributed by atoms with Gasteiger partial charge < -0.3 is 10.0 Å². The molecule has 0 aliphatic carbocycles. The molecule has 24 heavy (non-hydrogen) atoms. The maximum absolute atomic E-state index is 9.57. The van der Waals surface area contributed by atoms with Crippen molar-refractivity contribution >= 4 is 17.1 Å². The summed E-state index contributed by atoms with van der Waals surface area (Å²) in [6.07, 6.45) is 0. The highest BCUT2D eigenvalue weighted by molar-refractivity contribution is 5.85. The van der Waals surface area contributed by atoms with Crippen LogP contribution in [0.25, 0.3) is 0 Å². The lowest BCUT2D eigenvalue weighted by Gasteiger charge is -2.42. The summed E-state index contributed by atoms with van der Waals surface area (Å²) >= 11 is 0. The molecule has 0 saturated heterocycles. The van der Waals surface area contributed by atoms with Crippen LogP contribution in [0.15, 0.2) is 72.8 Å².